The van der Waals surface area contributed by atoms with E-state index >= 15 is 0 Å². The molecule has 1 unspecified atom stereocenters. The lowest BCUT2D eigenvalue weighted by atomic mass is 9.95. The van der Waals surface area contributed by atoms with Gasteiger partial charge in [-0.25, -0.2) is 4.98 Å². The minimum atomic E-state index is -0.739. The topological polar surface area (TPSA) is 48.4 Å². The van der Waals surface area contributed by atoms with Crippen LogP contribution in [0.4, 0.5) is 0 Å². The van der Waals surface area contributed by atoms with Crippen molar-refractivity contribution in [3.05, 3.63) is 158 Å². The highest BCUT2D eigenvalue weighted by Crippen LogP contribution is 2.40. The molecule has 6 aromatic rings. The number of para-hydroxylation sites is 2. The van der Waals surface area contributed by atoms with E-state index < -0.39 is 8.46 Å². The zero-order chi connectivity index (χ0) is 27.4. The van der Waals surface area contributed by atoms with E-state index in [1.165, 1.54) is 0 Å². The Balaban J connectivity index is 0.000000348. The van der Waals surface area contributed by atoms with Crippen LogP contribution in [0.25, 0.3) is 22.3 Å². The Labute approximate surface area is 235 Å². The fraction of sp³-hybridized carbons (Fsp3) is 0. The van der Waals surface area contributed by atoms with Crippen molar-refractivity contribution in [3.8, 4) is 45.4 Å². The average Bonchev–Trinajstić information content (AvgIpc) is 3.04. The molecule has 6 rings (SSSR count). The van der Waals surface area contributed by atoms with Gasteiger partial charge in [0.05, 0.1) is 14.7 Å². The molecule has 1 aromatic heterocycles. The molecule has 0 saturated carbocycles. The van der Waals surface area contributed by atoms with Crippen LogP contribution < -0.4 is 14.8 Å². The van der Waals surface area contributed by atoms with E-state index in [9.17, 15) is 4.57 Å². The molecule has 40 heavy (non-hydrogen) atoms. The van der Waals surface area contributed by atoms with Gasteiger partial charge in [-0.2, -0.15) is 0 Å². The summed E-state index contributed by atoms with van der Waals surface area (Å²) in [5.41, 5.74) is 4.12. The maximum Gasteiger partial charge on any atom is 0.227 e. The van der Waals surface area contributed by atoms with Crippen LogP contribution >= 0.6 is 8.46 Å². The number of pyridine rings is 1. The Bertz CT molecular complexity index is 1640. The van der Waals surface area contributed by atoms with Crippen LogP contribution in [0.3, 0.4) is 0 Å². The summed E-state index contributed by atoms with van der Waals surface area (Å²) in [6, 6.07) is 49.4. The lowest BCUT2D eigenvalue weighted by Gasteiger charge is -2.15. The minimum Gasteiger partial charge on any atom is -0.456 e. The Morgan fingerprint density at radius 3 is 1.55 bits per heavy atom. The van der Waals surface area contributed by atoms with Gasteiger partial charge in [0.15, 0.2) is 0 Å². The molecule has 5 heteroatoms. The number of aromatic nitrogens is 1. The molecular formula is C35H28NO3P. The standard InChI is InChI=1S/C29H21NO2.C6H7OP/c1-4-12-22(13-5-1)26-18-10-11-19-27(26)28-20-25(31-23-14-6-2-7-15-23)21-30-29(28)32-24-16-8-3-9-17-24;7-8-6-4-2-1-3-5-6/h1-21H;1-5H,8H2. The Morgan fingerprint density at radius 1 is 0.475 bits per heavy atom. The lowest BCUT2D eigenvalue weighted by molar-refractivity contribution is 0.453. The quantitative estimate of drug-likeness (QED) is 0.189. The second kappa shape index (κ2) is 13.7. The molecule has 196 valence electrons. The molecule has 1 heterocycles. The number of rotatable bonds is 7. The van der Waals surface area contributed by atoms with Crippen molar-refractivity contribution in [2.24, 2.45) is 0 Å². The highest BCUT2D eigenvalue weighted by molar-refractivity contribution is 7.34. The number of ether oxygens (including phenoxy) is 2. The van der Waals surface area contributed by atoms with Crippen molar-refractivity contribution in [1.82, 2.24) is 4.98 Å². The molecule has 0 spiro atoms. The van der Waals surface area contributed by atoms with Gasteiger partial charge in [0.25, 0.3) is 0 Å². The first kappa shape index (κ1) is 26.7. The summed E-state index contributed by atoms with van der Waals surface area (Å²) in [6.07, 6.45) is 1.69. The summed E-state index contributed by atoms with van der Waals surface area (Å²) < 4.78 is 22.5. The molecule has 0 aliphatic heterocycles. The first-order valence-corrected chi connectivity index (χ1v) is 14.0. The predicted octanol–water partition coefficient (Wildman–Crippen LogP) is 9.07. The smallest absolute Gasteiger partial charge is 0.227 e. The molecule has 0 fully saturated rings. The first-order chi connectivity index (χ1) is 19.8. The molecule has 0 amide bonds. The van der Waals surface area contributed by atoms with Gasteiger partial charge in [-0.1, -0.05) is 121 Å². The third kappa shape index (κ3) is 7.13. The van der Waals surface area contributed by atoms with E-state index in [0.717, 1.165) is 39.1 Å². The first-order valence-electron chi connectivity index (χ1n) is 12.9. The number of hydrogen-bond donors (Lipinski definition) is 0. The van der Waals surface area contributed by atoms with E-state index in [0.29, 0.717) is 11.6 Å². The summed E-state index contributed by atoms with van der Waals surface area (Å²) in [6.45, 7) is 0. The van der Waals surface area contributed by atoms with Gasteiger partial charge in [-0.05, 0) is 47.0 Å². The van der Waals surface area contributed by atoms with Gasteiger partial charge in [-0.15, -0.1) is 0 Å². The van der Waals surface area contributed by atoms with Crippen LogP contribution in [0.5, 0.6) is 23.1 Å². The number of hydrogen-bond acceptors (Lipinski definition) is 4. The van der Waals surface area contributed by atoms with E-state index in [-0.39, 0.29) is 0 Å². The zero-order valence-corrected chi connectivity index (χ0v) is 22.9. The molecule has 5 aromatic carbocycles. The average molecular weight is 542 g/mol. The molecule has 0 bridgehead atoms. The third-order valence-corrected chi connectivity index (χ3v) is 6.66. The van der Waals surface area contributed by atoms with Crippen molar-refractivity contribution in [3.63, 3.8) is 0 Å². The van der Waals surface area contributed by atoms with Crippen LogP contribution in [0.2, 0.25) is 0 Å². The second-order valence-electron chi connectivity index (χ2n) is 8.79. The van der Waals surface area contributed by atoms with E-state index in [1.54, 1.807) is 6.20 Å². The largest absolute Gasteiger partial charge is 0.456 e. The second-order valence-corrected chi connectivity index (χ2v) is 9.70. The van der Waals surface area contributed by atoms with Gasteiger partial charge in [0.1, 0.15) is 17.2 Å². The van der Waals surface area contributed by atoms with Crippen LogP contribution in [0, 0.1) is 0 Å². The fourth-order valence-corrected chi connectivity index (χ4v) is 4.49. The summed E-state index contributed by atoms with van der Waals surface area (Å²) >= 11 is 0. The lowest BCUT2D eigenvalue weighted by Crippen LogP contribution is -1.95. The molecular weight excluding hydrogens is 513 g/mol. The van der Waals surface area contributed by atoms with Crippen molar-refractivity contribution in [1.29, 1.82) is 0 Å². The fourth-order valence-electron chi connectivity index (χ4n) is 4.11. The zero-order valence-electron chi connectivity index (χ0n) is 21.8. The number of benzene rings is 5. The molecule has 0 N–H and O–H groups in total. The number of nitrogens with zero attached hydrogens (tertiary/aromatic N) is 1. The van der Waals surface area contributed by atoms with Crippen LogP contribution in [0.15, 0.2) is 158 Å². The van der Waals surface area contributed by atoms with E-state index in [1.807, 2.05) is 127 Å². The SMILES string of the molecule is O=[PH2]c1ccccc1.c1ccc(Oc2cnc(Oc3ccccc3)c(-c3ccccc3-c3ccccc3)c2)cc1. The molecule has 0 saturated heterocycles. The van der Waals surface area contributed by atoms with Gasteiger partial charge < -0.3 is 14.0 Å². The van der Waals surface area contributed by atoms with Gasteiger partial charge >= 0.3 is 0 Å². The van der Waals surface area contributed by atoms with Gasteiger partial charge in [-0.3, -0.25) is 0 Å². The van der Waals surface area contributed by atoms with Crippen molar-refractivity contribution >= 4 is 13.8 Å². The van der Waals surface area contributed by atoms with Crippen molar-refractivity contribution in [2.75, 3.05) is 0 Å². The maximum absolute atomic E-state index is 10.2. The van der Waals surface area contributed by atoms with Crippen molar-refractivity contribution in [2.45, 2.75) is 0 Å². The Kier molecular flexibility index (Phi) is 9.17. The summed E-state index contributed by atoms with van der Waals surface area (Å²) in [5, 5.41) is 0.938. The maximum atomic E-state index is 10.2. The molecule has 0 aliphatic carbocycles. The summed E-state index contributed by atoms with van der Waals surface area (Å²) in [7, 11) is -0.739. The van der Waals surface area contributed by atoms with E-state index in [4.69, 9.17) is 9.47 Å². The highest BCUT2D eigenvalue weighted by atomic mass is 31.1. The molecule has 4 nitrogen and oxygen atoms in total. The minimum absolute atomic E-state index is 0.528. The molecule has 0 radical (unpaired) electrons. The highest BCUT2D eigenvalue weighted by Gasteiger charge is 2.16. The van der Waals surface area contributed by atoms with E-state index in [2.05, 4.69) is 29.2 Å². The van der Waals surface area contributed by atoms with Crippen LogP contribution in [0.1, 0.15) is 0 Å². The summed E-state index contributed by atoms with van der Waals surface area (Å²) in [5.74, 6) is 2.66. The van der Waals surface area contributed by atoms with Crippen LogP contribution in [-0.4, -0.2) is 4.98 Å². The molecule has 0 aliphatic rings. The van der Waals surface area contributed by atoms with Crippen LogP contribution in [-0.2, 0) is 4.57 Å². The Hall–Kier alpha value is -4.92. The van der Waals surface area contributed by atoms with Gasteiger partial charge in [0, 0.05) is 10.9 Å². The molecule has 1 atom stereocenters. The van der Waals surface area contributed by atoms with Crippen molar-refractivity contribution < 1.29 is 14.0 Å². The predicted molar refractivity (Wildman–Crippen MR) is 165 cm³/mol. The normalized spacial score (nSPS) is 10.5. The monoisotopic (exact) mass is 541 g/mol. The third-order valence-electron chi connectivity index (χ3n) is 6.00. The van der Waals surface area contributed by atoms with Gasteiger partial charge in [0.2, 0.25) is 5.88 Å². The summed E-state index contributed by atoms with van der Waals surface area (Å²) in [4.78, 5) is 4.63. The Morgan fingerprint density at radius 2 is 0.975 bits per heavy atom.